The van der Waals surface area contributed by atoms with Crippen LogP contribution in [0.25, 0.3) is 0 Å². The number of aromatic nitrogens is 2. The molecule has 1 aromatic rings. The first-order valence-corrected chi connectivity index (χ1v) is 8.77. The third kappa shape index (κ3) is 3.36. The fourth-order valence-corrected chi connectivity index (χ4v) is 3.99. The minimum absolute atomic E-state index is 0.245. The molecule has 2 heterocycles. The summed E-state index contributed by atoms with van der Waals surface area (Å²) in [6.07, 6.45) is 5.26. The molecule has 0 bridgehead atoms. The molecular weight excluding hydrogens is 284 g/mol. The van der Waals surface area contributed by atoms with E-state index in [9.17, 15) is 4.79 Å². The zero-order chi connectivity index (χ0) is 14.8. The average Bonchev–Trinajstić information content (AvgIpc) is 3.12. The summed E-state index contributed by atoms with van der Waals surface area (Å²) in [5.74, 6) is 2.20. The molecule has 1 aliphatic carbocycles. The van der Waals surface area contributed by atoms with Gasteiger partial charge in [0.25, 0.3) is 0 Å². The minimum atomic E-state index is 0.245. The van der Waals surface area contributed by atoms with Gasteiger partial charge in [-0.25, -0.2) is 4.98 Å². The van der Waals surface area contributed by atoms with Gasteiger partial charge in [-0.1, -0.05) is 26.7 Å². The second-order valence-electron chi connectivity index (χ2n) is 6.50. The number of amides is 1. The maximum absolute atomic E-state index is 12.3. The van der Waals surface area contributed by atoms with Crippen LogP contribution in [0.1, 0.15) is 51.3 Å². The summed E-state index contributed by atoms with van der Waals surface area (Å²) in [4.78, 5) is 21.0. The highest BCUT2D eigenvalue weighted by Gasteiger charge is 2.28. The van der Waals surface area contributed by atoms with Gasteiger partial charge in [0.05, 0.1) is 6.54 Å². The summed E-state index contributed by atoms with van der Waals surface area (Å²) < 4.78 is 4.38. The maximum Gasteiger partial charge on any atom is 0.242 e. The predicted octanol–water partition coefficient (Wildman–Crippen LogP) is 2.50. The van der Waals surface area contributed by atoms with Crippen LogP contribution in [0.4, 0.5) is 5.13 Å². The summed E-state index contributed by atoms with van der Waals surface area (Å²) in [5, 5.41) is 0.896. The number of carbonyl (C=O) groups is 1. The van der Waals surface area contributed by atoms with Gasteiger partial charge >= 0.3 is 0 Å². The largest absolute Gasteiger partial charge is 0.339 e. The molecule has 5 nitrogen and oxygen atoms in total. The topological polar surface area (TPSA) is 49.3 Å². The van der Waals surface area contributed by atoms with E-state index >= 15 is 0 Å². The van der Waals surface area contributed by atoms with Gasteiger partial charge < -0.3 is 9.80 Å². The Bertz CT molecular complexity index is 496. The normalized spacial score (nSPS) is 20.8. The van der Waals surface area contributed by atoms with E-state index in [0.717, 1.165) is 36.5 Å². The summed E-state index contributed by atoms with van der Waals surface area (Å²) in [6.45, 7) is 7.31. The van der Waals surface area contributed by atoms with Gasteiger partial charge in [0.1, 0.15) is 5.82 Å². The van der Waals surface area contributed by atoms with Crippen molar-refractivity contribution in [3.8, 4) is 0 Å². The molecule has 2 fully saturated rings. The van der Waals surface area contributed by atoms with Crippen LogP contribution in [0, 0.1) is 5.92 Å². The van der Waals surface area contributed by atoms with Crippen molar-refractivity contribution in [1.29, 1.82) is 0 Å². The van der Waals surface area contributed by atoms with Gasteiger partial charge in [-0.2, -0.15) is 4.37 Å². The Morgan fingerprint density at radius 1 is 1.29 bits per heavy atom. The molecule has 0 unspecified atom stereocenters. The molecule has 0 N–H and O–H groups in total. The maximum atomic E-state index is 12.3. The number of nitrogens with zero attached hydrogens (tertiary/aromatic N) is 4. The average molecular weight is 308 g/mol. The highest BCUT2D eigenvalue weighted by atomic mass is 32.1. The van der Waals surface area contributed by atoms with Gasteiger partial charge in [0.2, 0.25) is 11.0 Å². The predicted molar refractivity (Wildman–Crippen MR) is 84.7 cm³/mol. The van der Waals surface area contributed by atoms with Gasteiger partial charge in [-0.05, 0) is 18.8 Å². The van der Waals surface area contributed by atoms with Crippen molar-refractivity contribution in [2.75, 3.05) is 31.1 Å². The lowest BCUT2D eigenvalue weighted by atomic mass is 10.1. The molecule has 0 spiro atoms. The van der Waals surface area contributed by atoms with Gasteiger partial charge in [-0.3, -0.25) is 4.79 Å². The Morgan fingerprint density at radius 3 is 2.67 bits per heavy atom. The first-order valence-electron chi connectivity index (χ1n) is 8.00. The van der Waals surface area contributed by atoms with E-state index in [1.165, 1.54) is 37.2 Å². The highest BCUT2D eigenvalue weighted by Crippen LogP contribution is 2.27. The molecule has 21 heavy (non-hydrogen) atoms. The van der Waals surface area contributed by atoms with Crippen LogP contribution in [0.3, 0.4) is 0 Å². The third-order valence-electron chi connectivity index (χ3n) is 4.49. The number of carbonyl (C=O) groups excluding carboxylic acids is 1. The van der Waals surface area contributed by atoms with Crippen LogP contribution in [0.2, 0.25) is 0 Å². The van der Waals surface area contributed by atoms with Crippen LogP contribution >= 0.6 is 11.5 Å². The monoisotopic (exact) mass is 308 g/mol. The van der Waals surface area contributed by atoms with E-state index in [1.807, 2.05) is 0 Å². The van der Waals surface area contributed by atoms with Crippen molar-refractivity contribution in [2.24, 2.45) is 5.92 Å². The first-order chi connectivity index (χ1) is 10.1. The quantitative estimate of drug-likeness (QED) is 0.857. The molecule has 6 heteroatoms. The Labute approximate surface area is 130 Å². The summed E-state index contributed by atoms with van der Waals surface area (Å²) in [5.41, 5.74) is 0. The number of hydrogen-bond acceptors (Lipinski definition) is 5. The molecule has 1 amide bonds. The summed E-state index contributed by atoms with van der Waals surface area (Å²) in [6, 6.07) is 0. The zero-order valence-electron chi connectivity index (χ0n) is 12.9. The molecule has 0 radical (unpaired) electrons. The van der Waals surface area contributed by atoms with Gasteiger partial charge in [0, 0.05) is 37.1 Å². The number of piperazine rings is 1. The number of rotatable bonds is 4. The fourth-order valence-electron chi connectivity index (χ4n) is 3.16. The van der Waals surface area contributed by atoms with Crippen molar-refractivity contribution in [3.63, 3.8) is 0 Å². The lowest BCUT2D eigenvalue weighted by molar-refractivity contribution is -0.131. The Balaban J connectivity index is 1.58. The molecule has 1 aliphatic heterocycles. The standard InChI is InChI=1S/C15H24N4OS/c1-11(2)14-16-15(21-17-14)19-8-7-18(13(20)10-19)9-12-5-3-4-6-12/h11-12H,3-10H2,1-2H3. The number of hydrogen-bond donors (Lipinski definition) is 0. The van der Waals surface area contributed by atoms with E-state index in [2.05, 4.69) is 33.0 Å². The van der Waals surface area contributed by atoms with Crippen LogP contribution in [0.5, 0.6) is 0 Å². The van der Waals surface area contributed by atoms with E-state index in [0.29, 0.717) is 12.5 Å². The van der Waals surface area contributed by atoms with Crippen LogP contribution < -0.4 is 4.90 Å². The second kappa shape index (κ2) is 6.30. The molecule has 1 saturated heterocycles. The van der Waals surface area contributed by atoms with Crippen molar-refractivity contribution in [2.45, 2.75) is 45.4 Å². The fraction of sp³-hybridized carbons (Fsp3) is 0.800. The molecule has 0 aromatic carbocycles. The van der Waals surface area contributed by atoms with E-state index in [1.54, 1.807) is 0 Å². The third-order valence-corrected chi connectivity index (χ3v) is 5.28. The molecule has 0 atom stereocenters. The Morgan fingerprint density at radius 2 is 2.05 bits per heavy atom. The molecule has 3 rings (SSSR count). The summed E-state index contributed by atoms with van der Waals surface area (Å²) >= 11 is 1.41. The van der Waals surface area contributed by atoms with Crippen LogP contribution in [-0.2, 0) is 4.79 Å². The van der Waals surface area contributed by atoms with Crippen LogP contribution in [-0.4, -0.2) is 46.3 Å². The lowest BCUT2D eigenvalue weighted by Gasteiger charge is -2.35. The minimum Gasteiger partial charge on any atom is -0.339 e. The molecule has 1 aromatic heterocycles. The van der Waals surface area contributed by atoms with Gasteiger partial charge in [0.15, 0.2) is 0 Å². The van der Waals surface area contributed by atoms with E-state index in [-0.39, 0.29) is 5.91 Å². The zero-order valence-corrected chi connectivity index (χ0v) is 13.7. The Kier molecular flexibility index (Phi) is 4.42. The SMILES string of the molecule is CC(C)c1nsc(N2CCN(CC3CCCC3)C(=O)C2)n1. The smallest absolute Gasteiger partial charge is 0.242 e. The van der Waals surface area contributed by atoms with Crippen molar-refractivity contribution >= 4 is 22.6 Å². The second-order valence-corrected chi connectivity index (χ2v) is 7.23. The number of anilines is 1. The van der Waals surface area contributed by atoms with E-state index < -0.39 is 0 Å². The van der Waals surface area contributed by atoms with Gasteiger partial charge in [-0.15, -0.1) is 0 Å². The molecule has 2 aliphatic rings. The molecule has 1 saturated carbocycles. The van der Waals surface area contributed by atoms with Crippen molar-refractivity contribution in [3.05, 3.63) is 5.82 Å². The van der Waals surface area contributed by atoms with E-state index in [4.69, 9.17) is 0 Å². The van der Waals surface area contributed by atoms with Crippen LogP contribution in [0.15, 0.2) is 0 Å². The highest BCUT2D eigenvalue weighted by molar-refractivity contribution is 7.09. The van der Waals surface area contributed by atoms with Crippen molar-refractivity contribution in [1.82, 2.24) is 14.3 Å². The first kappa shape index (κ1) is 14.8. The Hall–Kier alpha value is -1.17. The summed E-state index contributed by atoms with van der Waals surface area (Å²) in [7, 11) is 0. The lowest BCUT2D eigenvalue weighted by Crippen LogP contribution is -2.51. The molecular formula is C15H24N4OS. The molecule has 116 valence electrons. The van der Waals surface area contributed by atoms with Crippen molar-refractivity contribution < 1.29 is 4.79 Å².